The number of piperidine rings is 1. The van der Waals surface area contributed by atoms with Crippen molar-refractivity contribution < 1.29 is 14.4 Å². The van der Waals surface area contributed by atoms with Gasteiger partial charge < -0.3 is 15.1 Å². The number of likely N-dealkylation sites (tertiary alicyclic amines) is 1. The maximum Gasteiger partial charge on any atom is 0.255 e. The summed E-state index contributed by atoms with van der Waals surface area (Å²) >= 11 is 0. The molecule has 2 saturated heterocycles. The molecule has 2 heterocycles. The van der Waals surface area contributed by atoms with Crippen LogP contribution in [0.3, 0.4) is 0 Å². The van der Waals surface area contributed by atoms with Gasteiger partial charge in [0.15, 0.2) is 0 Å². The summed E-state index contributed by atoms with van der Waals surface area (Å²) in [6.07, 6.45) is 2.50. The fourth-order valence-electron chi connectivity index (χ4n) is 4.71. The average molecular weight is 420 g/mol. The summed E-state index contributed by atoms with van der Waals surface area (Å²) in [5, 5.41) is 2.91. The number of para-hydroxylation sites is 1. The van der Waals surface area contributed by atoms with Crippen molar-refractivity contribution in [3.63, 3.8) is 0 Å². The van der Waals surface area contributed by atoms with Crippen LogP contribution in [0.25, 0.3) is 0 Å². The molecule has 2 aliphatic rings. The highest BCUT2D eigenvalue weighted by molar-refractivity contribution is 6.09. The molecule has 0 bridgehead atoms. The van der Waals surface area contributed by atoms with Gasteiger partial charge in [0.1, 0.15) is 0 Å². The molecule has 4 rings (SSSR count). The predicted octanol–water partition coefficient (Wildman–Crippen LogP) is 4.18. The van der Waals surface area contributed by atoms with Gasteiger partial charge in [-0.3, -0.25) is 14.4 Å². The maximum atomic E-state index is 13.2. The molecule has 2 atom stereocenters. The topological polar surface area (TPSA) is 69.7 Å². The summed E-state index contributed by atoms with van der Waals surface area (Å²) in [6.45, 7) is 6.48. The normalized spacial score (nSPS) is 21.3. The Morgan fingerprint density at radius 3 is 2.45 bits per heavy atom. The Bertz CT molecular complexity index is 993. The molecule has 2 aromatic rings. The third-order valence-corrected chi connectivity index (χ3v) is 6.06. The zero-order valence-electron chi connectivity index (χ0n) is 18.1. The maximum absolute atomic E-state index is 13.2. The third kappa shape index (κ3) is 4.63. The van der Waals surface area contributed by atoms with Crippen LogP contribution in [-0.2, 0) is 4.79 Å². The molecule has 1 N–H and O–H groups in total. The molecule has 0 spiro atoms. The Hall–Kier alpha value is -3.15. The number of hydrogen-bond acceptors (Lipinski definition) is 3. The van der Waals surface area contributed by atoms with Gasteiger partial charge in [-0.25, -0.2) is 0 Å². The first kappa shape index (κ1) is 21.1. The fourth-order valence-corrected chi connectivity index (χ4v) is 4.71. The van der Waals surface area contributed by atoms with Crippen molar-refractivity contribution in [3.05, 3.63) is 59.7 Å². The largest absolute Gasteiger partial charge is 0.338 e. The van der Waals surface area contributed by atoms with E-state index in [9.17, 15) is 14.4 Å². The molecule has 6 heteroatoms. The van der Waals surface area contributed by atoms with Gasteiger partial charge in [0.2, 0.25) is 5.91 Å². The van der Waals surface area contributed by atoms with Crippen LogP contribution in [0.4, 0.5) is 11.4 Å². The first-order valence-electron chi connectivity index (χ1n) is 11.0. The van der Waals surface area contributed by atoms with Crippen molar-refractivity contribution in [2.24, 2.45) is 11.8 Å². The lowest BCUT2D eigenvalue weighted by Crippen LogP contribution is -2.42. The molecular formula is C25H29N3O3. The first-order chi connectivity index (χ1) is 14.9. The summed E-state index contributed by atoms with van der Waals surface area (Å²) in [5.41, 5.74) is 2.20. The number of amides is 3. The minimum Gasteiger partial charge on any atom is -0.338 e. The van der Waals surface area contributed by atoms with Crippen molar-refractivity contribution in [2.75, 3.05) is 29.9 Å². The van der Waals surface area contributed by atoms with Gasteiger partial charge >= 0.3 is 0 Å². The van der Waals surface area contributed by atoms with E-state index in [1.165, 1.54) is 0 Å². The van der Waals surface area contributed by atoms with Crippen LogP contribution in [-0.4, -0.2) is 42.3 Å². The van der Waals surface area contributed by atoms with E-state index >= 15 is 0 Å². The smallest absolute Gasteiger partial charge is 0.255 e. The van der Waals surface area contributed by atoms with Crippen LogP contribution in [0.5, 0.6) is 0 Å². The molecule has 2 aliphatic heterocycles. The number of nitrogens with zero attached hydrogens (tertiary/aromatic N) is 2. The van der Waals surface area contributed by atoms with Crippen LogP contribution in [0.2, 0.25) is 0 Å². The molecule has 31 heavy (non-hydrogen) atoms. The van der Waals surface area contributed by atoms with Gasteiger partial charge in [0.05, 0.1) is 11.3 Å². The number of hydrogen-bond donors (Lipinski definition) is 1. The molecular weight excluding hydrogens is 390 g/mol. The molecule has 2 aromatic carbocycles. The summed E-state index contributed by atoms with van der Waals surface area (Å²) in [7, 11) is 0. The van der Waals surface area contributed by atoms with Crippen LogP contribution in [0, 0.1) is 11.8 Å². The van der Waals surface area contributed by atoms with Crippen LogP contribution in [0.15, 0.2) is 48.5 Å². The molecule has 3 amide bonds. The molecule has 0 aliphatic carbocycles. The highest BCUT2D eigenvalue weighted by Gasteiger charge is 2.28. The Morgan fingerprint density at radius 1 is 1.00 bits per heavy atom. The monoisotopic (exact) mass is 419 g/mol. The van der Waals surface area contributed by atoms with E-state index in [0.29, 0.717) is 41.6 Å². The van der Waals surface area contributed by atoms with Gasteiger partial charge in [0, 0.05) is 37.3 Å². The fraction of sp³-hybridized carbons (Fsp3) is 0.400. The van der Waals surface area contributed by atoms with Crippen LogP contribution in [0.1, 0.15) is 53.8 Å². The second-order valence-electron chi connectivity index (χ2n) is 8.86. The van der Waals surface area contributed by atoms with Gasteiger partial charge in [-0.05, 0) is 55.0 Å². The van der Waals surface area contributed by atoms with Crippen molar-refractivity contribution in [2.45, 2.75) is 33.1 Å². The number of carbonyl (C=O) groups is 3. The Kier molecular flexibility index (Phi) is 6.07. The lowest BCUT2D eigenvalue weighted by molar-refractivity contribution is -0.117. The molecule has 2 unspecified atom stereocenters. The number of benzene rings is 2. The SMILES string of the molecule is CC1CC(C)CN(C(=O)c2ccccc2NC(=O)c2cccc(N3CCCC3=O)c2)C1. The Morgan fingerprint density at radius 2 is 1.74 bits per heavy atom. The molecule has 0 radical (unpaired) electrons. The Balaban J connectivity index is 1.53. The summed E-state index contributed by atoms with van der Waals surface area (Å²) in [5.74, 6) is 0.661. The third-order valence-electron chi connectivity index (χ3n) is 6.06. The van der Waals surface area contributed by atoms with Crippen LogP contribution < -0.4 is 10.2 Å². The summed E-state index contributed by atoms with van der Waals surface area (Å²) in [6, 6.07) is 14.2. The van der Waals surface area contributed by atoms with E-state index in [2.05, 4.69) is 19.2 Å². The molecule has 162 valence electrons. The van der Waals surface area contributed by atoms with E-state index in [0.717, 1.165) is 31.6 Å². The first-order valence-corrected chi connectivity index (χ1v) is 11.0. The van der Waals surface area contributed by atoms with Crippen molar-refractivity contribution in [3.8, 4) is 0 Å². The minimum absolute atomic E-state index is 0.0503. The van der Waals surface area contributed by atoms with Crippen molar-refractivity contribution >= 4 is 29.1 Å². The molecule has 0 saturated carbocycles. The lowest BCUT2D eigenvalue weighted by atomic mass is 9.91. The van der Waals surface area contributed by atoms with Crippen molar-refractivity contribution in [1.82, 2.24) is 4.90 Å². The zero-order valence-corrected chi connectivity index (χ0v) is 18.1. The quantitative estimate of drug-likeness (QED) is 0.808. The highest BCUT2D eigenvalue weighted by atomic mass is 16.2. The second kappa shape index (κ2) is 8.92. The summed E-state index contributed by atoms with van der Waals surface area (Å²) in [4.78, 5) is 41.9. The molecule has 2 fully saturated rings. The lowest BCUT2D eigenvalue weighted by Gasteiger charge is -2.35. The standard InChI is InChI=1S/C25H29N3O3/c1-17-13-18(2)16-27(15-17)25(31)21-9-3-4-10-22(21)26-24(30)19-7-5-8-20(14-19)28-12-6-11-23(28)29/h3-5,7-10,14,17-18H,6,11-13,15-16H2,1-2H3,(H,26,30). The van der Waals surface area contributed by atoms with Gasteiger partial charge in [-0.1, -0.05) is 32.0 Å². The minimum atomic E-state index is -0.297. The molecule has 0 aromatic heterocycles. The highest BCUT2D eigenvalue weighted by Crippen LogP contribution is 2.26. The Labute approximate surface area is 183 Å². The average Bonchev–Trinajstić information content (AvgIpc) is 3.19. The number of rotatable bonds is 4. The van der Waals surface area contributed by atoms with Crippen molar-refractivity contribution in [1.29, 1.82) is 0 Å². The predicted molar refractivity (Wildman–Crippen MR) is 121 cm³/mol. The van der Waals surface area contributed by atoms with E-state index in [1.807, 2.05) is 23.1 Å². The van der Waals surface area contributed by atoms with E-state index in [1.54, 1.807) is 35.2 Å². The van der Waals surface area contributed by atoms with Gasteiger partial charge in [0.25, 0.3) is 11.8 Å². The van der Waals surface area contributed by atoms with E-state index in [4.69, 9.17) is 0 Å². The number of nitrogens with one attached hydrogen (secondary N) is 1. The van der Waals surface area contributed by atoms with Crippen LogP contribution >= 0.6 is 0 Å². The van der Waals surface area contributed by atoms with E-state index in [-0.39, 0.29) is 17.7 Å². The van der Waals surface area contributed by atoms with Gasteiger partial charge in [-0.15, -0.1) is 0 Å². The zero-order chi connectivity index (χ0) is 22.0. The number of anilines is 2. The van der Waals surface area contributed by atoms with E-state index < -0.39 is 0 Å². The molecule has 6 nitrogen and oxygen atoms in total. The number of carbonyl (C=O) groups excluding carboxylic acids is 3. The van der Waals surface area contributed by atoms with Gasteiger partial charge in [-0.2, -0.15) is 0 Å². The summed E-state index contributed by atoms with van der Waals surface area (Å²) < 4.78 is 0. The second-order valence-corrected chi connectivity index (χ2v) is 8.86.